The average molecular weight is 354 g/mol. The normalized spacial score (nSPS) is 12.5. The summed E-state index contributed by atoms with van der Waals surface area (Å²) in [5.74, 6) is 1.55. The number of halogens is 1. The minimum Gasteiger partial charge on any atom is -0.454 e. The molecule has 1 heterocycles. The highest BCUT2D eigenvalue weighted by molar-refractivity contribution is 14.1. The first-order valence-corrected chi connectivity index (χ1v) is 6.52. The van der Waals surface area contributed by atoms with E-state index in [1.54, 1.807) is 0 Å². The van der Waals surface area contributed by atoms with E-state index in [1.165, 1.54) is 0 Å². The molecule has 1 aliphatic heterocycles. The van der Waals surface area contributed by atoms with Gasteiger partial charge < -0.3 is 20.5 Å². The first-order valence-electron chi connectivity index (χ1n) is 5.44. The molecule has 5 heteroatoms. The van der Waals surface area contributed by atoms with Crippen LogP contribution in [0.4, 0.5) is 17.1 Å². The maximum Gasteiger partial charge on any atom is 0.231 e. The molecule has 0 amide bonds. The molecule has 0 saturated heterocycles. The number of benzene rings is 2. The van der Waals surface area contributed by atoms with Crippen LogP contribution in [-0.2, 0) is 0 Å². The van der Waals surface area contributed by atoms with Crippen molar-refractivity contribution in [3.05, 3.63) is 40.0 Å². The van der Waals surface area contributed by atoms with Crippen LogP contribution in [0.1, 0.15) is 0 Å². The molecule has 0 fully saturated rings. The number of ether oxygens (including phenoxy) is 2. The van der Waals surface area contributed by atoms with E-state index in [4.69, 9.17) is 15.2 Å². The fourth-order valence-electron chi connectivity index (χ4n) is 1.76. The van der Waals surface area contributed by atoms with E-state index in [-0.39, 0.29) is 6.79 Å². The van der Waals surface area contributed by atoms with Crippen molar-refractivity contribution in [1.82, 2.24) is 0 Å². The third-order valence-electron chi connectivity index (χ3n) is 2.64. The molecule has 0 atom stereocenters. The van der Waals surface area contributed by atoms with Crippen LogP contribution in [0.15, 0.2) is 36.4 Å². The van der Waals surface area contributed by atoms with E-state index in [9.17, 15) is 0 Å². The topological polar surface area (TPSA) is 56.5 Å². The Balaban J connectivity index is 1.88. The van der Waals surface area contributed by atoms with E-state index in [2.05, 4.69) is 27.9 Å². The van der Waals surface area contributed by atoms with E-state index >= 15 is 0 Å². The van der Waals surface area contributed by atoms with Crippen molar-refractivity contribution in [3.63, 3.8) is 0 Å². The Morgan fingerprint density at radius 3 is 2.72 bits per heavy atom. The van der Waals surface area contributed by atoms with Crippen molar-refractivity contribution in [2.45, 2.75) is 0 Å². The van der Waals surface area contributed by atoms with Crippen molar-refractivity contribution in [3.8, 4) is 11.5 Å². The summed E-state index contributed by atoms with van der Waals surface area (Å²) in [5, 5.41) is 3.33. The zero-order chi connectivity index (χ0) is 12.5. The zero-order valence-corrected chi connectivity index (χ0v) is 11.6. The number of fused-ring (bicyclic) bond motifs is 1. The molecular weight excluding hydrogens is 343 g/mol. The van der Waals surface area contributed by atoms with Gasteiger partial charge in [0.05, 0.1) is 5.69 Å². The molecule has 3 rings (SSSR count). The van der Waals surface area contributed by atoms with Gasteiger partial charge in [0, 0.05) is 21.0 Å². The lowest BCUT2D eigenvalue weighted by Crippen LogP contribution is -1.95. The van der Waals surface area contributed by atoms with E-state index in [1.807, 2.05) is 36.4 Å². The van der Waals surface area contributed by atoms with Crippen LogP contribution in [-0.4, -0.2) is 6.79 Å². The van der Waals surface area contributed by atoms with Crippen LogP contribution in [0.2, 0.25) is 0 Å². The lowest BCUT2D eigenvalue weighted by molar-refractivity contribution is 0.174. The van der Waals surface area contributed by atoms with E-state index in [0.29, 0.717) is 0 Å². The Morgan fingerprint density at radius 2 is 1.89 bits per heavy atom. The fourth-order valence-corrected chi connectivity index (χ4v) is 2.44. The van der Waals surface area contributed by atoms with Gasteiger partial charge >= 0.3 is 0 Å². The fraction of sp³-hybridized carbons (Fsp3) is 0.0769. The summed E-state index contributed by atoms with van der Waals surface area (Å²) in [5.41, 5.74) is 8.46. The quantitative estimate of drug-likeness (QED) is 0.642. The van der Waals surface area contributed by atoms with Crippen LogP contribution >= 0.6 is 22.6 Å². The standard InChI is InChI=1S/C13H11IN2O2/c14-10-5-8(15)1-3-11(10)16-9-2-4-12-13(6-9)18-7-17-12/h1-6,16H,7,15H2. The highest BCUT2D eigenvalue weighted by atomic mass is 127. The molecule has 0 spiro atoms. The number of hydrogen-bond acceptors (Lipinski definition) is 4. The predicted octanol–water partition coefficient (Wildman–Crippen LogP) is 3.35. The highest BCUT2D eigenvalue weighted by Gasteiger charge is 2.13. The largest absolute Gasteiger partial charge is 0.454 e. The van der Waals surface area contributed by atoms with Gasteiger partial charge in [0.15, 0.2) is 11.5 Å². The Bertz CT molecular complexity index is 602. The van der Waals surface area contributed by atoms with Crippen LogP contribution in [0.5, 0.6) is 11.5 Å². The molecule has 2 aromatic rings. The maximum atomic E-state index is 5.73. The first kappa shape index (κ1) is 11.5. The zero-order valence-electron chi connectivity index (χ0n) is 9.44. The van der Waals surface area contributed by atoms with Gasteiger partial charge in [-0.1, -0.05) is 0 Å². The molecule has 0 bridgehead atoms. The number of hydrogen-bond donors (Lipinski definition) is 2. The number of rotatable bonds is 2. The summed E-state index contributed by atoms with van der Waals surface area (Å²) in [7, 11) is 0. The average Bonchev–Trinajstić information content (AvgIpc) is 2.80. The van der Waals surface area contributed by atoms with Crippen molar-refractivity contribution in [2.75, 3.05) is 17.8 Å². The van der Waals surface area contributed by atoms with Crippen molar-refractivity contribution >= 4 is 39.7 Å². The van der Waals surface area contributed by atoms with Gasteiger partial charge in [0.2, 0.25) is 6.79 Å². The number of nitrogens with two attached hydrogens (primary N) is 1. The van der Waals surface area contributed by atoms with Gasteiger partial charge in [-0.15, -0.1) is 0 Å². The van der Waals surface area contributed by atoms with Gasteiger partial charge in [-0.25, -0.2) is 0 Å². The Hall–Kier alpha value is -1.63. The summed E-state index contributed by atoms with van der Waals surface area (Å²) in [4.78, 5) is 0. The van der Waals surface area contributed by atoms with Gasteiger partial charge in [-0.05, 0) is 52.9 Å². The summed E-state index contributed by atoms with van der Waals surface area (Å²) in [6.45, 7) is 0.290. The molecule has 0 aromatic heterocycles. The molecule has 0 saturated carbocycles. The predicted molar refractivity (Wildman–Crippen MR) is 79.4 cm³/mol. The summed E-state index contributed by atoms with van der Waals surface area (Å²) < 4.78 is 11.7. The van der Waals surface area contributed by atoms with Crippen LogP contribution in [0.3, 0.4) is 0 Å². The second kappa shape index (κ2) is 4.56. The second-order valence-corrected chi connectivity index (χ2v) is 5.09. The van der Waals surface area contributed by atoms with Crippen LogP contribution in [0, 0.1) is 3.57 Å². The molecule has 4 nitrogen and oxygen atoms in total. The minimum atomic E-state index is 0.290. The third kappa shape index (κ3) is 2.17. The Labute approximate surface area is 118 Å². The third-order valence-corrected chi connectivity index (χ3v) is 3.54. The van der Waals surface area contributed by atoms with E-state index < -0.39 is 0 Å². The molecular formula is C13H11IN2O2. The second-order valence-electron chi connectivity index (χ2n) is 3.93. The summed E-state index contributed by atoms with van der Waals surface area (Å²) >= 11 is 2.25. The monoisotopic (exact) mass is 354 g/mol. The number of nitrogen functional groups attached to an aromatic ring is 1. The Morgan fingerprint density at radius 1 is 1.06 bits per heavy atom. The molecule has 92 valence electrons. The van der Waals surface area contributed by atoms with Gasteiger partial charge in [-0.2, -0.15) is 0 Å². The van der Waals surface area contributed by atoms with E-state index in [0.717, 1.165) is 32.1 Å². The lowest BCUT2D eigenvalue weighted by Gasteiger charge is -2.09. The van der Waals surface area contributed by atoms with Gasteiger partial charge in [-0.3, -0.25) is 0 Å². The molecule has 2 aromatic carbocycles. The summed E-state index contributed by atoms with van der Waals surface area (Å²) in [6, 6.07) is 11.5. The number of nitrogens with one attached hydrogen (secondary N) is 1. The van der Waals surface area contributed by atoms with Gasteiger partial charge in [0.25, 0.3) is 0 Å². The molecule has 0 aliphatic carbocycles. The highest BCUT2D eigenvalue weighted by Crippen LogP contribution is 2.35. The number of anilines is 3. The first-order chi connectivity index (χ1) is 8.72. The molecule has 1 aliphatic rings. The minimum absolute atomic E-state index is 0.290. The van der Waals surface area contributed by atoms with Crippen molar-refractivity contribution in [1.29, 1.82) is 0 Å². The van der Waals surface area contributed by atoms with Gasteiger partial charge in [0.1, 0.15) is 0 Å². The Kier molecular flexibility index (Phi) is 2.91. The molecule has 0 radical (unpaired) electrons. The van der Waals surface area contributed by atoms with Crippen LogP contribution in [0.25, 0.3) is 0 Å². The lowest BCUT2D eigenvalue weighted by atomic mass is 10.2. The smallest absolute Gasteiger partial charge is 0.231 e. The summed E-state index contributed by atoms with van der Waals surface area (Å²) in [6.07, 6.45) is 0. The SMILES string of the molecule is Nc1ccc(Nc2ccc3c(c2)OCO3)c(I)c1. The molecule has 3 N–H and O–H groups in total. The maximum absolute atomic E-state index is 5.73. The molecule has 0 unspecified atom stereocenters. The van der Waals surface area contributed by atoms with Crippen LogP contribution < -0.4 is 20.5 Å². The van der Waals surface area contributed by atoms with Crippen molar-refractivity contribution in [2.24, 2.45) is 0 Å². The molecule has 18 heavy (non-hydrogen) atoms. The van der Waals surface area contributed by atoms with Crippen molar-refractivity contribution < 1.29 is 9.47 Å².